The summed E-state index contributed by atoms with van der Waals surface area (Å²) < 4.78 is 36.4. The number of nitrogens with one attached hydrogen (secondary N) is 1. The minimum Gasteiger partial charge on any atom is -0.341 e. The molecule has 0 radical (unpaired) electrons. The number of nitro benzene ring substituents is 1. The number of halogens is 3. The maximum absolute atomic E-state index is 12.1. The van der Waals surface area contributed by atoms with Gasteiger partial charge in [-0.25, -0.2) is 0 Å². The molecule has 1 rings (SSSR count). The monoisotopic (exact) mass is 306 g/mol. The number of nitrogen functional groups attached to an aromatic ring is 1. The predicted octanol–water partition coefficient (Wildman–Crippen LogP) is 1.90. The molecule has 0 aliphatic heterocycles. The van der Waals surface area contributed by atoms with Crippen LogP contribution in [-0.2, 0) is 0 Å². The predicted molar refractivity (Wildman–Crippen MR) is 68.5 cm³/mol. The molecule has 1 aromatic carbocycles. The van der Waals surface area contributed by atoms with Crippen molar-refractivity contribution in [2.45, 2.75) is 12.6 Å². The Labute approximate surface area is 117 Å². The molecule has 0 aliphatic carbocycles. The molecule has 0 fully saturated rings. The van der Waals surface area contributed by atoms with Crippen LogP contribution in [0.15, 0.2) is 18.2 Å². The highest BCUT2D eigenvalue weighted by atomic mass is 19.4. The molecule has 0 aliphatic rings. The Morgan fingerprint density at radius 1 is 1.48 bits per heavy atom. The standard InChI is InChI=1S/C11H13F3N4O3/c1-17(6-5-11(12,13)14)10(19)7-3-2-4-8(18(20)21)9(7)16-15/h2-4,16H,5-6,15H2,1H3. The molecule has 0 saturated carbocycles. The highest BCUT2D eigenvalue weighted by molar-refractivity contribution is 6.01. The fraction of sp³-hybridized carbons (Fsp3) is 0.364. The summed E-state index contributed by atoms with van der Waals surface area (Å²) in [5.74, 6) is 4.37. The van der Waals surface area contributed by atoms with Gasteiger partial charge in [0.05, 0.1) is 16.9 Å². The van der Waals surface area contributed by atoms with E-state index in [1.165, 1.54) is 19.2 Å². The minimum atomic E-state index is -4.40. The maximum Gasteiger partial charge on any atom is 0.390 e. The first-order chi connectivity index (χ1) is 9.67. The molecule has 21 heavy (non-hydrogen) atoms. The van der Waals surface area contributed by atoms with Crippen LogP contribution in [0, 0.1) is 10.1 Å². The highest BCUT2D eigenvalue weighted by Crippen LogP contribution is 2.28. The van der Waals surface area contributed by atoms with E-state index in [1.807, 2.05) is 5.43 Å². The van der Waals surface area contributed by atoms with Crippen LogP contribution in [0.1, 0.15) is 16.8 Å². The number of anilines is 1. The third-order valence-corrected chi connectivity index (χ3v) is 2.69. The number of nitrogens with two attached hydrogens (primary N) is 1. The number of nitrogens with zero attached hydrogens (tertiary/aromatic N) is 2. The normalized spacial score (nSPS) is 11.1. The lowest BCUT2D eigenvalue weighted by Gasteiger charge is -2.19. The average Bonchev–Trinajstić information content (AvgIpc) is 2.41. The molecule has 10 heteroatoms. The SMILES string of the molecule is CN(CCC(F)(F)F)C(=O)c1cccc([N+](=O)[O-])c1NN. The van der Waals surface area contributed by atoms with Gasteiger partial charge in [0.1, 0.15) is 5.69 Å². The van der Waals surface area contributed by atoms with E-state index in [2.05, 4.69) is 0 Å². The smallest absolute Gasteiger partial charge is 0.341 e. The van der Waals surface area contributed by atoms with Crippen molar-refractivity contribution in [3.05, 3.63) is 33.9 Å². The zero-order valence-corrected chi connectivity index (χ0v) is 11.0. The lowest BCUT2D eigenvalue weighted by atomic mass is 10.1. The number of carbonyl (C=O) groups is 1. The van der Waals surface area contributed by atoms with Crippen LogP contribution in [0.5, 0.6) is 0 Å². The number of hydrazine groups is 1. The van der Waals surface area contributed by atoms with E-state index in [-0.39, 0.29) is 11.3 Å². The van der Waals surface area contributed by atoms with E-state index >= 15 is 0 Å². The molecule has 0 saturated heterocycles. The summed E-state index contributed by atoms with van der Waals surface area (Å²) in [6.45, 7) is -0.560. The van der Waals surface area contributed by atoms with Gasteiger partial charge in [-0.15, -0.1) is 0 Å². The number of hydrogen-bond acceptors (Lipinski definition) is 5. The van der Waals surface area contributed by atoms with Crippen molar-refractivity contribution in [1.82, 2.24) is 4.90 Å². The second-order valence-corrected chi connectivity index (χ2v) is 4.19. The molecule has 3 N–H and O–H groups in total. The van der Waals surface area contributed by atoms with Crippen LogP contribution in [0.25, 0.3) is 0 Å². The Balaban J connectivity index is 3.02. The van der Waals surface area contributed by atoms with Crippen molar-refractivity contribution in [2.24, 2.45) is 5.84 Å². The average molecular weight is 306 g/mol. The number of amides is 1. The topological polar surface area (TPSA) is 102 Å². The van der Waals surface area contributed by atoms with Gasteiger partial charge in [0, 0.05) is 19.7 Å². The van der Waals surface area contributed by atoms with Crippen molar-refractivity contribution in [3.8, 4) is 0 Å². The lowest BCUT2D eigenvalue weighted by Crippen LogP contribution is -2.31. The van der Waals surface area contributed by atoms with Crippen LogP contribution in [0.2, 0.25) is 0 Å². The third-order valence-electron chi connectivity index (χ3n) is 2.69. The van der Waals surface area contributed by atoms with Gasteiger partial charge in [0.25, 0.3) is 11.6 Å². The van der Waals surface area contributed by atoms with Gasteiger partial charge in [-0.1, -0.05) is 6.07 Å². The molecule has 0 bridgehead atoms. The van der Waals surface area contributed by atoms with E-state index in [0.29, 0.717) is 0 Å². The molecular formula is C11H13F3N4O3. The minimum absolute atomic E-state index is 0.170. The zero-order chi connectivity index (χ0) is 16.2. The van der Waals surface area contributed by atoms with Gasteiger partial charge in [-0.05, 0) is 6.07 Å². The van der Waals surface area contributed by atoms with E-state index in [0.717, 1.165) is 11.0 Å². The fourth-order valence-electron chi connectivity index (χ4n) is 1.62. The second-order valence-electron chi connectivity index (χ2n) is 4.19. The number of nitro groups is 1. The molecule has 0 atom stereocenters. The van der Waals surface area contributed by atoms with Gasteiger partial charge in [0.15, 0.2) is 0 Å². The Bertz CT molecular complexity index is 548. The number of rotatable bonds is 5. The summed E-state index contributed by atoms with van der Waals surface area (Å²) in [6, 6.07) is 3.63. The number of hydrogen-bond donors (Lipinski definition) is 2. The molecule has 0 aromatic heterocycles. The summed E-state index contributed by atoms with van der Waals surface area (Å²) >= 11 is 0. The molecule has 7 nitrogen and oxygen atoms in total. The summed E-state index contributed by atoms with van der Waals surface area (Å²) in [5.41, 5.74) is 1.19. The van der Waals surface area contributed by atoms with E-state index in [9.17, 15) is 28.1 Å². The molecule has 0 heterocycles. The van der Waals surface area contributed by atoms with Gasteiger partial charge in [-0.3, -0.25) is 20.8 Å². The van der Waals surface area contributed by atoms with Crippen LogP contribution in [-0.4, -0.2) is 35.5 Å². The first-order valence-electron chi connectivity index (χ1n) is 5.73. The summed E-state index contributed by atoms with van der Waals surface area (Å²) in [7, 11) is 1.17. The van der Waals surface area contributed by atoms with E-state index in [1.54, 1.807) is 0 Å². The van der Waals surface area contributed by atoms with Crippen molar-refractivity contribution < 1.29 is 22.9 Å². The Morgan fingerprint density at radius 3 is 2.57 bits per heavy atom. The lowest BCUT2D eigenvalue weighted by molar-refractivity contribution is -0.384. The summed E-state index contributed by atoms with van der Waals surface area (Å²) in [4.78, 5) is 23.0. The molecule has 1 aromatic rings. The maximum atomic E-state index is 12.1. The van der Waals surface area contributed by atoms with Crippen LogP contribution >= 0.6 is 0 Å². The molecular weight excluding hydrogens is 293 g/mol. The van der Waals surface area contributed by atoms with Gasteiger partial charge >= 0.3 is 6.18 Å². The summed E-state index contributed by atoms with van der Waals surface area (Å²) in [5, 5.41) is 10.8. The van der Waals surface area contributed by atoms with E-state index in [4.69, 9.17) is 5.84 Å². The first-order valence-corrected chi connectivity index (χ1v) is 5.73. The largest absolute Gasteiger partial charge is 0.390 e. The molecule has 0 unspecified atom stereocenters. The van der Waals surface area contributed by atoms with Crippen molar-refractivity contribution in [3.63, 3.8) is 0 Å². The molecule has 116 valence electrons. The number of carbonyl (C=O) groups excluding carboxylic acids is 1. The number of para-hydroxylation sites is 1. The number of benzene rings is 1. The van der Waals surface area contributed by atoms with Crippen molar-refractivity contribution in [2.75, 3.05) is 19.0 Å². The van der Waals surface area contributed by atoms with Crippen molar-refractivity contribution in [1.29, 1.82) is 0 Å². The molecule has 0 spiro atoms. The van der Waals surface area contributed by atoms with Gasteiger partial charge in [0.2, 0.25) is 0 Å². The molecule has 1 amide bonds. The van der Waals surface area contributed by atoms with E-state index < -0.39 is 35.7 Å². The van der Waals surface area contributed by atoms with Crippen molar-refractivity contribution >= 4 is 17.3 Å². The van der Waals surface area contributed by atoms with Crippen LogP contribution in [0.3, 0.4) is 0 Å². The van der Waals surface area contributed by atoms with Crippen LogP contribution < -0.4 is 11.3 Å². The quantitative estimate of drug-likeness (QED) is 0.491. The Hall–Kier alpha value is -2.36. The fourth-order valence-corrected chi connectivity index (χ4v) is 1.62. The second kappa shape index (κ2) is 6.39. The third kappa shape index (κ3) is 4.31. The first kappa shape index (κ1) is 16.7. The van der Waals surface area contributed by atoms with Crippen LogP contribution in [0.4, 0.5) is 24.5 Å². The Morgan fingerprint density at radius 2 is 2.10 bits per heavy atom. The Kier molecular flexibility index (Phi) is 5.08. The van der Waals surface area contributed by atoms with Gasteiger partial charge in [-0.2, -0.15) is 13.2 Å². The highest BCUT2D eigenvalue weighted by Gasteiger charge is 2.29. The summed E-state index contributed by atoms with van der Waals surface area (Å²) in [6.07, 6.45) is -5.57. The zero-order valence-electron chi connectivity index (χ0n) is 11.0. The number of alkyl halides is 3. The van der Waals surface area contributed by atoms with Gasteiger partial charge < -0.3 is 10.3 Å².